The predicted molar refractivity (Wildman–Crippen MR) is 91.6 cm³/mol. The summed E-state index contributed by atoms with van der Waals surface area (Å²) in [7, 11) is 0. The van der Waals surface area contributed by atoms with Gasteiger partial charge in [-0.05, 0) is 36.8 Å². The molecule has 24 heavy (non-hydrogen) atoms. The second-order valence-electron chi connectivity index (χ2n) is 5.00. The highest BCUT2D eigenvalue weighted by Crippen LogP contribution is 2.29. The maximum absolute atomic E-state index is 12.0. The van der Waals surface area contributed by atoms with Gasteiger partial charge in [-0.25, -0.2) is 0 Å². The van der Waals surface area contributed by atoms with Crippen molar-refractivity contribution in [1.29, 1.82) is 0 Å². The maximum atomic E-state index is 12.0. The number of carbonyl (C=O) groups is 1. The Morgan fingerprint density at radius 3 is 2.62 bits per heavy atom. The topological polar surface area (TPSA) is 81.5 Å². The minimum Gasteiger partial charge on any atom is -0.477 e. The van der Waals surface area contributed by atoms with Gasteiger partial charge in [-0.15, -0.1) is 0 Å². The van der Waals surface area contributed by atoms with Gasteiger partial charge in [-0.2, -0.15) is 0 Å². The van der Waals surface area contributed by atoms with Gasteiger partial charge < -0.3 is 10.1 Å². The summed E-state index contributed by atoms with van der Waals surface area (Å²) >= 11 is 11.6. The van der Waals surface area contributed by atoms with Crippen molar-refractivity contribution in [3.8, 4) is 5.75 Å². The van der Waals surface area contributed by atoms with Crippen LogP contribution in [0.25, 0.3) is 0 Å². The Morgan fingerprint density at radius 1 is 1.25 bits per heavy atom. The number of nitro benzene ring substituents is 1. The molecule has 1 N–H and O–H groups in total. The molecule has 0 fully saturated rings. The monoisotopic (exact) mass is 368 g/mol. The van der Waals surface area contributed by atoms with Crippen LogP contribution in [0.5, 0.6) is 5.75 Å². The molecule has 8 heteroatoms. The molecule has 2 aromatic rings. The standard InChI is InChI=1S/C16H14Cl2N2O4/c1-10(11-3-2-4-12(17)7-11)19-16(21)9-24-15-6-5-13(18)8-14(15)20(22)23/h2-8,10H,9H2,1H3,(H,19,21)/t10-/m0/s1. The number of nitro groups is 1. The third kappa shape index (κ3) is 4.84. The molecule has 0 heterocycles. The van der Waals surface area contributed by atoms with E-state index in [4.69, 9.17) is 27.9 Å². The molecule has 0 aliphatic carbocycles. The maximum Gasteiger partial charge on any atom is 0.312 e. The lowest BCUT2D eigenvalue weighted by Gasteiger charge is -2.15. The second-order valence-corrected chi connectivity index (χ2v) is 5.87. The molecular formula is C16H14Cl2N2O4. The van der Waals surface area contributed by atoms with Crippen molar-refractivity contribution < 1.29 is 14.5 Å². The van der Waals surface area contributed by atoms with Gasteiger partial charge in [0.25, 0.3) is 5.91 Å². The van der Waals surface area contributed by atoms with Crippen molar-refractivity contribution in [2.24, 2.45) is 0 Å². The number of benzene rings is 2. The van der Waals surface area contributed by atoms with E-state index in [0.29, 0.717) is 5.02 Å². The Hall–Kier alpha value is -2.31. The molecular weight excluding hydrogens is 355 g/mol. The highest BCUT2D eigenvalue weighted by molar-refractivity contribution is 6.31. The molecule has 0 spiro atoms. The number of hydrogen-bond donors (Lipinski definition) is 1. The Bertz CT molecular complexity index is 767. The molecule has 1 amide bonds. The van der Waals surface area contributed by atoms with Crippen molar-refractivity contribution in [1.82, 2.24) is 5.32 Å². The van der Waals surface area contributed by atoms with Crippen LogP contribution in [0.3, 0.4) is 0 Å². The zero-order valence-electron chi connectivity index (χ0n) is 12.7. The third-order valence-corrected chi connectivity index (χ3v) is 3.67. The molecule has 0 bridgehead atoms. The summed E-state index contributed by atoms with van der Waals surface area (Å²) in [6.45, 7) is 1.45. The van der Waals surface area contributed by atoms with Gasteiger partial charge in [0.05, 0.1) is 11.0 Å². The molecule has 0 aliphatic heterocycles. The Morgan fingerprint density at radius 2 is 1.96 bits per heavy atom. The summed E-state index contributed by atoms with van der Waals surface area (Å²) in [6.07, 6.45) is 0. The summed E-state index contributed by atoms with van der Waals surface area (Å²) in [5.41, 5.74) is 0.548. The van der Waals surface area contributed by atoms with Gasteiger partial charge in [0.1, 0.15) is 0 Å². The van der Waals surface area contributed by atoms with Crippen LogP contribution in [0.4, 0.5) is 5.69 Å². The molecule has 126 valence electrons. The molecule has 0 unspecified atom stereocenters. The van der Waals surface area contributed by atoms with Crippen LogP contribution in [0, 0.1) is 10.1 Å². The van der Waals surface area contributed by atoms with E-state index in [1.807, 2.05) is 6.07 Å². The highest BCUT2D eigenvalue weighted by Gasteiger charge is 2.17. The van der Waals surface area contributed by atoms with Crippen molar-refractivity contribution in [2.45, 2.75) is 13.0 Å². The van der Waals surface area contributed by atoms with Crippen LogP contribution in [0.15, 0.2) is 42.5 Å². The number of hydrogen-bond acceptors (Lipinski definition) is 4. The zero-order valence-corrected chi connectivity index (χ0v) is 14.2. The summed E-state index contributed by atoms with van der Waals surface area (Å²) in [5.74, 6) is -0.429. The van der Waals surface area contributed by atoms with E-state index in [0.717, 1.165) is 5.56 Å². The fourth-order valence-corrected chi connectivity index (χ4v) is 2.41. The van der Waals surface area contributed by atoms with Crippen LogP contribution in [-0.4, -0.2) is 17.4 Å². The molecule has 0 aliphatic rings. The van der Waals surface area contributed by atoms with E-state index < -0.39 is 10.8 Å². The van der Waals surface area contributed by atoms with Gasteiger partial charge in [0.2, 0.25) is 0 Å². The SMILES string of the molecule is C[C@H](NC(=O)COc1ccc(Cl)cc1[N+](=O)[O-])c1cccc(Cl)c1. The predicted octanol–water partition coefficient (Wildman–Crippen LogP) is 4.16. The van der Waals surface area contributed by atoms with Gasteiger partial charge >= 0.3 is 5.69 Å². The number of nitrogens with one attached hydrogen (secondary N) is 1. The van der Waals surface area contributed by atoms with Crippen LogP contribution < -0.4 is 10.1 Å². The van der Waals surface area contributed by atoms with Gasteiger partial charge in [-0.3, -0.25) is 14.9 Å². The minimum atomic E-state index is -0.617. The summed E-state index contributed by atoms with van der Waals surface area (Å²) in [4.78, 5) is 22.3. The van der Waals surface area contributed by atoms with E-state index in [-0.39, 0.29) is 29.1 Å². The van der Waals surface area contributed by atoms with E-state index in [2.05, 4.69) is 5.32 Å². The highest BCUT2D eigenvalue weighted by atomic mass is 35.5. The molecule has 2 aromatic carbocycles. The first-order valence-electron chi connectivity index (χ1n) is 6.98. The average molecular weight is 369 g/mol. The molecule has 0 radical (unpaired) electrons. The van der Waals surface area contributed by atoms with Crippen LogP contribution in [0.2, 0.25) is 10.0 Å². The Labute approximate surface area is 148 Å². The van der Waals surface area contributed by atoms with Crippen molar-refractivity contribution in [2.75, 3.05) is 6.61 Å². The first-order chi connectivity index (χ1) is 11.4. The second kappa shape index (κ2) is 7.99. The zero-order chi connectivity index (χ0) is 17.7. The van der Waals surface area contributed by atoms with E-state index in [9.17, 15) is 14.9 Å². The van der Waals surface area contributed by atoms with E-state index >= 15 is 0 Å². The molecule has 2 rings (SSSR count). The number of rotatable bonds is 6. The van der Waals surface area contributed by atoms with E-state index in [1.165, 1.54) is 18.2 Å². The summed E-state index contributed by atoms with van der Waals surface area (Å²) in [6, 6.07) is 10.8. The molecule has 1 atom stereocenters. The summed E-state index contributed by atoms with van der Waals surface area (Å²) in [5, 5.41) is 14.5. The third-order valence-electron chi connectivity index (χ3n) is 3.20. The first-order valence-corrected chi connectivity index (χ1v) is 7.74. The lowest BCUT2D eigenvalue weighted by atomic mass is 10.1. The van der Waals surface area contributed by atoms with E-state index in [1.54, 1.807) is 25.1 Å². The van der Waals surface area contributed by atoms with Gasteiger partial charge in [0, 0.05) is 16.1 Å². The lowest BCUT2D eigenvalue weighted by Crippen LogP contribution is -2.31. The minimum absolute atomic E-state index is 0.0186. The molecule has 0 saturated heterocycles. The number of nitrogens with zero attached hydrogens (tertiary/aromatic N) is 1. The Kier molecular flexibility index (Phi) is 6.00. The molecule has 6 nitrogen and oxygen atoms in total. The van der Waals surface area contributed by atoms with Crippen molar-refractivity contribution in [3.05, 3.63) is 68.2 Å². The van der Waals surface area contributed by atoms with Crippen LogP contribution in [-0.2, 0) is 4.79 Å². The van der Waals surface area contributed by atoms with Crippen molar-refractivity contribution in [3.63, 3.8) is 0 Å². The van der Waals surface area contributed by atoms with Crippen molar-refractivity contribution >= 4 is 34.8 Å². The Balaban J connectivity index is 1.97. The van der Waals surface area contributed by atoms with Crippen LogP contribution in [0.1, 0.15) is 18.5 Å². The summed E-state index contributed by atoms with van der Waals surface area (Å²) < 4.78 is 5.24. The lowest BCUT2D eigenvalue weighted by molar-refractivity contribution is -0.385. The van der Waals surface area contributed by atoms with Gasteiger partial charge in [0.15, 0.2) is 12.4 Å². The smallest absolute Gasteiger partial charge is 0.312 e. The average Bonchev–Trinajstić information content (AvgIpc) is 2.53. The fraction of sp³-hybridized carbons (Fsp3) is 0.188. The fourth-order valence-electron chi connectivity index (χ4n) is 2.04. The van der Waals surface area contributed by atoms with Gasteiger partial charge in [-0.1, -0.05) is 35.3 Å². The normalized spacial score (nSPS) is 11.6. The number of carbonyl (C=O) groups excluding carboxylic acids is 1. The quantitative estimate of drug-likeness (QED) is 0.612. The van der Waals surface area contributed by atoms with Crippen LogP contribution >= 0.6 is 23.2 Å². The number of ether oxygens (including phenoxy) is 1. The molecule has 0 aromatic heterocycles. The molecule has 0 saturated carbocycles. The number of amides is 1. The number of halogens is 2. The first kappa shape index (κ1) is 18.0. The largest absolute Gasteiger partial charge is 0.477 e.